The number of hydrogen-bond acceptors (Lipinski definition) is 5. The van der Waals surface area contributed by atoms with E-state index in [1.54, 1.807) is 42.5 Å². The maximum Gasteiger partial charge on any atom is 0.345 e. The zero-order valence-electron chi connectivity index (χ0n) is 16.8. The van der Waals surface area contributed by atoms with E-state index in [1.807, 2.05) is 0 Å². The molecule has 3 aromatic carbocycles. The molecule has 2 N–H and O–H groups in total. The van der Waals surface area contributed by atoms with Crippen LogP contribution in [0, 0.1) is 0 Å². The third kappa shape index (κ3) is 7.32. The molecule has 0 aliphatic rings. The fourth-order valence-electron chi connectivity index (χ4n) is 2.59. The standard InChI is InChI=1S/C23H16Cl3N3O4/c24-16-5-2-4-15(10-16)22(31)27-13-21(30)29-28-12-14-3-1-6-18(9-14)33-23(32)19-8-7-17(25)11-20(19)26/h1-12H,13H2,(H,27,31)(H,29,30)/b28-12-. The van der Waals surface area contributed by atoms with Gasteiger partial charge in [-0.25, -0.2) is 10.2 Å². The van der Waals surface area contributed by atoms with E-state index in [2.05, 4.69) is 15.8 Å². The van der Waals surface area contributed by atoms with Crippen LogP contribution in [0.2, 0.25) is 15.1 Å². The minimum atomic E-state index is -0.644. The van der Waals surface area contributed by atoms with Gasteiger partial charge in [-0.3, -0.25) is 9.59 Å². The molecule has 0 heterocycles. The molecule has 0 aliphatic carbocycles. The van der Waals surface area contributed by atoms with E-state index in [9.17, 15) is 14.4 Å². The summed E-state index contributed by atoms with van der Waals surface area (Å²) in [5.74, 6) is -1.35. The lowest BCUT2D eigenvalue weighted by Gasteiger charge is -2.07. The molecule has 3 rings (SSSR count). The molecule has 0 aromatic heterocycles. The molecule has 0 unspecified atom stereocenters. The van der Waals surface area contributed by atoms with E-state index in [0.29, 0.717) is 21.2 Å². The lowest BCUT2D eigenvalue weighted by atomic mass is 10.2. The lowest BCUT2D eigenvalue weighted by Crippen LogP contribution is -2.34. The molecule has 10 heteroatoms. The predicted octanol–water partition coefficient (Wildman–Crippen LogP) is 4.75. The Morgan fingerprint density at radius 2 is 1.67 bits per heavy atom. The van der Waals surface area contributed by atoms with E-state index in [0.717, 1.165) is 0 Å². The van der Waals surface area contributed by atoms with Crippen molar-refractivity contribution in [2.75, 3.05) is 6.54 Å². The van der Waals surface area contributed by atoms with Gasteiger partial charge in [-0.05, 0) is 54.1 Å². The largest absolute Gasteiger partial charge is 0.423 e. The molecule has 0 radical (unpaired) electrons. The highest BCUT2D eigenvalue weighted by Crippen LogP contribution is 2.23. The molecule has 0 saturated heterocycles. The van der Waals surface area contributed by atoms with Gasteiger partial charge in [0.05, 0.1) is 23.3 Å². The Labute approximate surface area is 204 Å². The van der Waals surface area contributed by atoms with E-state index in [-0.39, 0.29) is 22.9 Å². The van der Waals surface area contributed by atoms with Gasteiger partial charge in [-0.15, -0.1) is 0 Å². The first kappa shape index (κ1) is 24.3. The summed E-state index contributed by atoms with van der Waals surface area (Å²) in [5, 5.41) is 7.30. The Bertz CT molecular complexity index is 1230. The number of carbonyl (C=O) groups excluding carboxylic acids is 3. The highest BCUT2D eigenvalue weighted by atomic mass is 35.5. The molecule has 33 heavy (non-hydrogen) atoms. The van der Waals surface area contributed by atoms with Crippen LogP contribution in [-0.4, -0.2) is 30.5 Å². The average molecular weight is 505 g/mol. The van der Waals surface area contributed by atoms with Crippen LogP contribution in [0.5, 0.6) is 5.75 Å². The number of benzene rings is 3. The van der Waals surface area contributed by atoms with Crippen LogP contribution < -0.4 is 15.5 Å². The van der Waals surface area contributed by atoms with E-state index >= 15 is 0 Å². The monoisotopic (exact) mass is 503 g/mol. The number of amides is 2. The Morgan fingerprint density at radius 3 is 2.42 bits per heavy atom. The Kier molecular flexibility index (Phi) is 8.43. The van der Waals surface area contributed by atoms with Gasteiger partial charge in [0.2, 0.25) is 0 Å². The molecule has 168 valence electrons. The summed E-state index contributed by atoms with van der Waals surface area (Å²) in [6.07, 6.45) is 1.36. The van der Waals surface area contributed by atoms with E-state index in [4.69, 9.17) is 39.5 Å². The molecule has 0 spiro atoms. The maximum absolute atomic E-state index is 12.3. The van der Waals surface area contributed by atoms with Crippen molar-refractivity contribution in [1.29, 1.82) is 0 Å². The van der Waals surface area contributed by atoms with Crippen LogP contribution in [-0.2, 0) is 4.79 Å². The number of hydrazone groups is 1. The SMILES string of the molecule is O=C(CNC(=O)c1cccc(Cl)c1)N/N=C\c1cccc(OC(=O)c2ccc(Cl)cc2Cl)c1. The molecule has 0 fully saturated rings. The quantitative estimate of drug-likeness (QED) is 0.210. The van der Waals surface area contributed by atoms with Crippen LogP contribution in [0.25, 0.3) is 0 Å². The van der Waals surface area contributed by atoms with Gasteiger partial charge in [0.1, 0.15) is 5.75 Å². The number of halogens is 3. The van der Waals surface area contributed by atoms with Crippen molar-refractivity contribution in [3.63, 3.8) is 0 Å². The number of carbonyl (C=O) groups is 3. The first-order valence-electron chi connectivity index (χ1n) is 9.45. The zero-order chi connectivity index (χ0) is 23.8. The number of nitrogens with one attached hydrogen (secondary N) is 2. The van der Waals surface area contributed by atoms with Crippen molar-refractivity contribution in [3.8, 4) is 5.75 Å². The van der Waals surface area contributed by atoms with Gasteiger partial charge in [-0.1, -0.05) is 53.0 Å². The second kappa shape index (κ2) is 11.5. The Hall–Kier alpha value is -3.39. The van der Waals surface area contributed by atoms with Crippen molar-refractivity contribution in [3.05, 3.63) is 98.5 Å². The van der Waals surface area contributed by atoms with Crippen molar-refractivity contribution in [1.82, 2.24) is 10.7 Å². The van der Waals surface area contributed by atoms with Crippen LogP contribution in [0.1, 0.15) is 26.3 Å². The number of ether oxygens (including phenoxy) is 1. The van der Waals surface area contributed by atoms with E-state index < -0.39 is 17.8 Å². The van der Waals surface area contributed by atoms with Gasteiger partial charge in [-0.2, -0.15) is 5.10 Å². The topological polar surface area (TPSA) is 96.9 Å². The summed E-state index contributed by atoms with van der Waals surface area (Å²) in [7, 11) is 0. The summed E-state index contributed by atoms with van der Waals surface area (Å²) >= 11 is 17.7. The third-order valence-electron chi connectivity index (χ3n) is 4.12. The third-order valence-corrected chi connectivity index (χ3v) is 4.90. The molecule has 0 aliphatic heterocycles. The molecule has 0 atom stereocenters. The van der Waals surface area contributed by atoms with Gasteiger partial charge < -0.3 is 10.1 Å². The van der Waals surface area contributed by atoms with Crippen molar-refractivity contribution in [2.45, 2.75) is 0 Å². The van der Waals surface area contributed by atoms with Gasteiger partial charge >= 0.3 is 5.97 Å². The zero-order valence-corrected chi connectivity index (χ0v) is 19.1. The van der Waals surface area contributed by atoms with Gasteiger partial charge in [0, 0.05) is 15.6 Å². The molecular formula is C23H16Cl3N3O4. The molecule has 2 amide bonds. The minimum absolute atomic E-state index is 0.173. The predicted molar refractivity (Wildman–Crippen MR) is 127 cm³/mol. The molecular weight excluding hydrogens is 489 g/mol. The number of esters is 1. The second-order valence-electron chi connectivity index (χ2n) is 6.57. The molecule has 7 nitrogen and oxygen atoms in total. The number of rotatable bonds is 7. The average Bonchev–Trinajstić information content (AvgIpc) is 2.77. The van der Waals surface area contributed by atoms with Crippen molar-refractivity contribution >= 4 is 58.8 Å². The first-order chi connectivity index (χ1) is 15.8. The smallest absolute Gasteiger partial charge is 0.345 e. The summed E-state index contributed by atoms with van der Waals surface area (Å²) in [6, 6.07) is 17.3. The first-order valence-corrected chi connectivity index (χ1v) is 10.6. The number of nitrogens with zero attached hydrogens (tertiary/aromatic N) is 1. The van der Waals surface area contributed by atoms with Crippen LogP contribution in [0.15, 0.2) is 71.8 Å². The summed E-state index contributed by atoms with van der Waals surface area (Å²) in [6.45, 7) is -0.276. The van der Waals surface area contributed by atoms with Gasteiger partial charge in [0.25, 0.3) is 11.8 Å². The maximum atomic E-state index is 12.3. The van der Waals surface area contributed by atoms with Crippen LogP contribution in [0.4, 0.5) is 0 Å². The molecule has 0 saturated carbocycles. The van der Waals surface area contributed by atoms with Crippen molar-refractivity contribution < 1.29 is 19.1 Å². The van der Waals surface area contributed by atoms with Crippen LogP contribution >= 0.6 is 34.8 Å². The lowest BCUT2D eigenvalue weighted by molar-refractivity contribution is -0.120. The van der Waals surface area contributed by atoms with Gasteiger partial charge in [0.15, 0.2) is 0 Å². The summed E-state index contributed by atoms with van der Waals surface area (Å²) < 4.78 is 5.33. The van der Waals surface area contributed by atoms with E-state index in [1.165, 1.54) is 30.5 Å². The fourth-order valence-corrected chi connectivity index (χ4v) is 3.26. The number of hydrogen-bond donors (Lipinski definition) is 2. The molecule has 0 bridgehead atoms. The Morgan fingerprint density at radius 1 is 0.909 bits per heavy atom. The highest BCUT2D eigenvalue weighted by molar-refractivity contribution is 6.36. The van der Waals surface area contributed by atoms with Crippen LogP contribution in [0.3, 0.4) is 0 Å². The molecule has 3 aromatic rings. The highest BCUT2D eigenvalue weighted by Gasteiger charge is 2.13. The second-order valence-corrected chi connectivity index (χ2v) is 7.85. The normalized spacial score (nSPS) is 10.6. The van der Waals surface area contributed by atoms with Crippen molar-refractivity contribution in [2.24, 2.45) is 5.10 Å². The summed E-state index contributed by atoms with van der Waals surface area (Å²) in [4.78, 5) is 36.2. The summed E-state index contributed by atoms with van der Waals surface area (Å²) in [5.41, 5.74) is 3.37. The Balaban J connectivity index is 1.52. The minimum Gasteiger partial charge on any atom is -0.423 e. The fraction of sp³-hybridized carbons (Fsp3) is 0.0435.